The van der Waals surface area contributed by atoms with Crippen molar-refractivity contribution >= 4 is 35.0 Å². The monoisotopic (exact) mass is 254 g/mol. The van der Waals surface area contributed by atoms with Crippen molar-refractivity contribution in [2.24, 2.45) is 0 Å². The molecule has 16 heavy (non-hydrogen) atoms. The van der Waals surface area contributed by atoms with Gasteiger partial charge in [0.2, 0.25) is 5.91 Å². The number of rotatable bonds is 5. The fourth-order valence-corrected chi connectivity index (χ4v) is 1.78. The Kier molecular flexibility index (Phi) is 5.76. The number of hydrogen-bond acceptors (Lipinski definition) is 3. The maximum Gasteiger partial charge on any atom is 0.234 e. The van der Waals surface area contributed by atoms with Crippen LogP contribution in [0.3, 0.4) is 0 Å². The number of carbonyl (C=O) groups excluding carboxylic acids is 1. The second-order valence-electron chi connectivity index (χ2n) is 3.02. The minimum Gasteiger partial charge on any atom is -0.325 e. The van der Waals surface area contributed by atoms with Crippen LogP contribution in [0.25, 0.3) is 0 Å². The van der Waals surface area contributed by atoms with Crippen molar-refractivity contribution < 1.29 is 4.79 Å². The second-order valence-corrected chi connectivity index (χ2v) is 4.56. The van der Waals surface area contributed by atoms with Crippen LogP contribution in [0.1, 0.15) is 6.42 Å². The summed E-state index contributed by atoms with van der Waals surface area (Å²) in [5, 5.41) is 11.7. The molecule has 0 aliphatic rings. The molecule has 0 radical (unpaired) electrons. The summed E-state index contributed by atoms with van der Waals surface area (Å²) in [6, 6.07) is 8.97. The summed E-state index contributed by atoms with van der Waals surface area (Å²) in [6.45, 7) is 0. The fourth-order valence-electron chi connectivity index (χ4n) is 1.01. The molecule has 84 valence electrons. The van der Waals surface area contributed by atoms with Gasteiger partial charge in [-0.2, -0.15) is 17.0 Å². The molecule has 5 heteroatoms. The molecular formula is C11H11ClN2OS. The van der Waals surface area contributed by atoms with Gasteiger partial charge in [0.05, 0.1) is 11.8 Å². The molecule has 0 aliphatic heterocycles. The molecular weight excluding hydrogens is 244 g/mol. The van der Waals surface area contributed by atoms with Crippen LogP contribution in [-0.4, -0.2) is 17.4 Å². The molecule has 0 saturated heterocycles. The summed E-state index contributed by atoms with van der Waals surface area (Å²) in [5.74, 6) is 0.986. The Hall–Kier alpha value is -1.18. The van der Waals surface area contributed by atoms with Crippen molar-refractivity contribution in [3.05, 3.63) is 29.3 Å². The Bertz CT molecular complexity index is 386. The zero-order valence-corrected chi connectivity index (χ0v) is 10.1. The molecule has 0 saturated carbocycles. The normalized spacial score (nSPS) is 9.50. The van der Waals surface area contributed by atoms with E-state index in [1.165, 1.54) is 11.8 Å². The van der Waals surface area contributed by atoms with Gasteiger partial charge >= 0.3 is 0 Å². The van der Waals surface area contributed by atoms with Crippen LogP contribution in [0.4, 0.5) is 5.69 Å². The Morgan fingerprint density at radius 2 is 2.12 bits per heavy atom. The van der Waals surface area contributed by atoms with Crippen molar-refractivity contribution in [3.8, 4) is 6.07 Å². The standard InChI is InChI=1S/C11H11ClN2OS/c12-9-2-4-10(5-3-9)14-11(15)8-16-7-1-6-13/h2-5H,1,7-8H2,(H,14,15). The predicted molar refractivity (Wildman–Crippen MR) is 67.6 cm³/mol. The van der Waals surface area contributed by atoms with E-state index in [1.807, 2.05) is 6.07 Å². The quantitative estimate of drug-likeness (QED) is 0.822. The third-order valence-electron chi connectivity index (χ3n) is 1.72. The number of nitriles is 1. The van der Waals surface area contributed by atoms with Gasteiger partial charge in [0.15, 0.2) is 0 Å². The van der Waals surface area contributed by atoms with Crippen LogP contribution in [0.2, 0.25) is 5.02 Å². The molecule has 1 rings (SSSR count). The molecule has 0 fully saturated rings. The average Bonchev–Trinajstić information content (AvgIpc) is 2.28. The highest BCUT2D eigenvalue weighted by molar-refractivity contribution is 7.99. The van der Waals surface area contributed by atoms with Crippen molar-refractivity contribution in [1.82, 2.24) is 0 Å². The van der Waals surface area contributed by atoms with Gasteiger partial charge in [-0.25, -0.2) is 0 Å². The van der Waals surface area contributed by atoms with Crippen molar-refractivity contribution in [2.45, 2.75) is 6.42 Å². The Morgan fingerprint density at radius 3 is 2.75 bits per heavy atom. The smallest absolute Gasteiger partial charge is 0.234 e. The van der Waals surface area contributed by atoms with Crippen LogP contribution in [0.5, 0.6) is 0 Å². The summed E-state index contributed by atoms with van der Waals surface area (Å²) >= 11 is 7.17. The third-order valence-corrected chi connectivity index (χ3v) is 2.93. The predicted octanol–water partition coefficient (Wildman–Crippen LogP) is 2.93. The van der Waals surface area contributed by atoms with Gasteiger partial charge in [-0.1, -0.05) is 11.6 Å². The number of nitrogens with zero attached hydrogens (tertiary/aromatic N) is 1. The summed E-state index contributed by atoms with van der Waals surface area (Å²) in [4.78, 5) is 11.4. The number of thioether (sulfide) groups is 1. The number of amides is 1. The summed E-state index contributed by atoms with van der Waals surface area (Å²) < 4.78 is 0. The number of benzene rings is 1. The third kappa shape index (κ3) is 5.06. The number of carbonyl (C=O) groups is 1. The first kappa shape index (κ1) is 12.9. The van der Waals surface area contributed by atoms with E-state index in [0.717, 1.165) is 5.69 Å². The number of hydrogen-bond donors (Lipinski definition) is 1. The molecule has 1 aromatic rings. The van der Waals surface area contributed by atoms with E-state index in [-0.39, 0.29) is 5.91 Å². The van der Waals surface area contributed by atoms with Gasteiger partial charge in [0.1, 0.15) is 0 Å². The topological polar surface area (TPSA) is 52.9 Å². The lowest BCUT2D eigenvalue weighted by molar-refractivity contribution is -0.113. The summed E-state index contributed by atoms with van der Waals surface area (Å²) in [7, 11) is 0. The molecule has 0 unspecified atom stereocenters. The SMILES string of the molecule is N#CCCSCC(=O)Nc1ccc(Cl)cc1. The van der Waals surface area contributed by atoms with Crippen LogP contribution >= 0.6 is 23.4 Å². The van der Waals surface area contributed by atoms with E-state index in [0.29, 0.717) is 22.9 Å². The largest absolute Gasteiger partial charge is 0.325 e. The van der Waals surface area contributed by atoms with E-state index >= 15 is 0 Å². The lowest BCUT2D eigenvalue weighted by Gasteiger charge is -2.04. The van der Waals surface area contributed by atoms with Gasteiger partial charge in [0.25, 0.3) is 0 Å². The molecule has 1 aromatic carbocycles. The minimum absolute atomic E-state index is 0.0646. The molecule has 0 heterocycles. The first-order valence-corrected chi connectivity index (χ1v) is 6.26. The summed E-state index contributed by atoms with van der Waals surface area (Å²) in [5.41, 5.74) is 0.732. The van der Waals surface area contributed by atoms with Gasteiger partial charge in [-0.05, 0) is 24.3 Å². The lowest BCUT2D eigenvalue weighted by Crippen LogP contribution is -2.14. The average molecular weight is 255 g/mol. The zero-order valence-electron chi connectivity index (χ0n) is 8.57. The van der Waals surface area contributed by atoms with E-state index in [9.17, 15) is 4.79 Å². The van der Waals surface area contributed by atoms with Crippen molar-refractivity contribution in [1.29, 1.82) is 5.26 Å². The van der Waals surface area contributed by atoms with E-state index in [1.54, 1.807) is 24.3 Å². The van der Waals surface area contributed by atoms with E-state index in [2.05, 4.69) is 5.32 Å². The highest BCUT2D eigenvalue weighted by atomic mass is 35.5. The van der Waals surface area contributed by atoms with Gasteiger partial charge in [-0.15, -0.1) is 0 Å². The molecule has 1 amide bonds. The summed E-state index contributed by atoms with van der Waals surface area (Å²) in [6.07, 6.45) is 0.471. The maximum atomic E-state index is 11.4. The van der Waals surface area contributed by atoms with Crippen LogP contribution < -0.4 is 5.32 Å². The molecule has 0 aromatic heterocycles. The first-order valence-electron chi connectivity index (χ1n) is 4.72. The van der Waals surface area contributed by atoms with E-state index < -0.39 is 0 Å². The molecule has 3 nitrogen and oxygen atoms in total. The fraction of sp³-hybridized carbons (Fsp3) is 0.273. The molecule has 0 spiro atoms. The zero-order chi connectivity index (χ0) is 11.8. The number of nitrogens with one attached hydrogen (secondary N) is 1. The Labute approximate surface area is 104 Å². The Morgan fingerprint density at radius 1 is 1.44 bits per heavy atom. The van der Waals surface area contributed by atoms with Crippen LogP contribution in [-0.2, 0) is 4.79 Å². The number of halogens is 1. The highest BCUT2D eigenvalue weighted by Crippen LogP contribution is 2.13. The molecule has 0 bridgehead atoms. The van der Waals surface area contributed by atoms with Gasteiger partial charge in [0, 0.05) is 22.9 Å². The van der Waals surface area contributed by atoms with Crippen molar-refractivity contribution in [2.75, 3.05) is 16.8 Å². The van der Waals surface area contributed by atoms with E-state index in [4.69, 9.17) is 16.9 Å². The van der Waals surface area contributed by atoms with Crippen LogP contribution in [0, 0.1) is 11.3 Å². The number of anilines is 1. The van der Waals surface area contributed by atoms with Crippen LogP contribution in [0.15, 0.2) is 24.3 Å². The second kappa shape index (κ2) is 7.15. The lowest BCUT2D eigenvalue weighted by atomic mass is 10.3. The van der Waals surface area contributed by atoms with Gasteiger partial charge in [-0.3, -0.25) is 4.79 Å². The molecule has 1 N–H and O–H groups in total. The maximum absolute atomic E-state index is 11.4. The highest BCUT2D eigenvalue weighted by Gasteiger charge is 2.01. The molecule has 0 aliphatic carbocycles. The Balaban J connectivity index is 2.29. The minimum atomic E-state index is -0.0646. The van der Waals surface area contributed by atoms with Crippen molar-refractivity contribution in [3.63, 3.8) is 0 Å². The van der Waals surface area contributed by atoms with Gasteiger partial charge < -0.3 is 5.32 Å². The first-order chi connectivity index (χ1) is 7.72. The molecule has 0 atom stereocenters.